The van der Waals surface area contributed by atoms with Crippen molar-refractivity contribution in [3.8, 4) is 0 Å². The summed E-state index contributed by atoms with van der Waals surface area (Å²) in [5.74, 6) is 0.195. The molecule has 0 aromatic heterocycles. The van der Waals surface area contributed by atoms with Crippen LogP contribution in [0.1, 0.15) is 25.0 Å². The van der Waals surface area contributed by atoms with Gasteiger partial charge in [-0.3, -0.25) is 4.79 Å². The summed E-state index contributed by atoms with van der Waals surface area (Å²) >= 11 is 0. The van der Waals surface area contributed by atoms with Crippen LogP contribution in [0, 0.1) is 0 Å². The first kappa shape index (κ1) is 11.9. The molecule has 0 heterocycles. The molecule has 104 valence electrons. The zero-order valence-corrected chi connectivity index (χ0v) is 12.5. The molecule has 0 aliphatic heterocycles. The molecule has 0 bridgehead atoms. The number of carbonyl (C=O) groups is 1. The van der Waals surface area contributed by atoms with Gasteiger partial charge in [0.1, 0.15) is 0 Å². The summed E-state index contributed by atoms with van der Waals surface area (Å²) < 4.78 is 0. The fourth-order valence-corrected chi connectivity index (χ4v) is 4.12. The fourth-order valence-electron chi connectivity index (χ4n) is 4.12. The Morgan fingerprint density at radius 3 is 2.23 bits per heavy atom. The van der Waals surface area contributed by atoms with E-state index in [1.165, 1.54) is 32.7 Å². The lowest BCUT2D eigenvalue weighted by molar-refractivity contribution is -0.111. The lowest BCUT2D eigenvalue weighted by atomic mass is 9.95. The molecule has 0 fully saturated rings. The van der Waals surface area contributed by atoms with Crippen molar-refractivity contribution >= 4 is 38.5 Å². The maximum atomic E-state index is 12.4. The smallest absolute Gasteiger partial charge is 0.185 e. The van der Waals surface area contributed by atoms with Gasteiger partial charge in [-0.05, 0) is 63.7 Å². The van der Waals surface area contributed by atoms with Crippen LogP contribution < -0.4 is 0 Å². The monoisotopic (exact) mass is 282 g/mol. The zero-order chi connectivity index (χ0) is 15.0. The molecule has 0 N–H and O–H groups in total. The summed E-state index contributed by atoms with van der Waals surface area (Å²) in [7, 11) is 0. The van der Waals surface area contributed by atoms with Crippen LogP contribution in [0.5, 0.6) is 0 Å². The third-order valence-electron chi connectivity index (χ3n) is 5.10. The predicted octanol–water partition coefficient (Wildman–Crippen LogP) is 5.14. The van der Waals surface area contributed by atoms with E-state index in [4.69, 9.17) is 0 Å². The summed E-state index contributed by atoms with van der Waals surface area (Å²) in [6, 6.07) is 17.2. The van der Waals surface area contributed by atoms with Crippen LogP contribution in [-0.4, -0.2) is 5.78 Å². The summed E-state index contributed by atoms with van der Waals surface area (Å²) in [6.07, 6.45) is 0. The number of fused-ring (bicyclic) bond motifs is 5. The minimum Gasteiger partial charge on any atom is -0.289 e. The summed E-state index contributed by atoms with van der Waals surface area (Å²) in [5, 5.41) is 5.11. The molecule has 0 spiro atoms. The van der Waals surface area contributed by atoms with E-state index in [0.29, 0.717) is 0 Å². The summed E-state index contributed by atoms with van der Waals surface area (Å²) in [5.41, 5.74) is 6.52. The molecule has 0 saturated carbocycles. The molecule has 2 aliphatic carbocycles. The number of hydrogen-bond donors (Lipinski definition) is 0. The van der Waals surface area contributed by atoms with Crippen molar-refractivity contribution in [1.82, 2.24) is 0 Å². The van der Waals surface area contributed by atoms with Crippen molar-refractivity contribution in [3.05, 3.63) is 70.8 Å². The highest BCUT2D eigenvalue weighted by molar-refractivity contribution is 6.39. The van der Waals surface area contributed by atoms with Crippen molar-refractivity contribution < 1.29 is 4.79 Å². The number of benzene rings is 3. The third-order valence-corrected chi connectivity index (χ3v) is 5.10. The van der Waals surface area contributed by atoms with Gasteiger partial charge in [0.15, 0.2) is 5.78 Å². The Bertz CT molecular complexity index is 1090. The topological polar surface area (TPSA) is 17.1 Å². The molecule has 22 heavy (non-hydrogen) atoms. The second-order valence-corrected chi connectivity index (χ2v) is 6.20. The van der Waals surface area contributed by atoms with Crippen LogP contribution in [0.2, 0.25) is 0 Å². The van der Waals surface area contributed by atoms with E-state index in [9.17, 15) is 4.79 Å². The van der Waals surface area contributed by atoms with Gasteiger partial charge in [-0.1, -0.05) is 42.5 Å². The first-order valence-electron chi connectivity index (χ1n) is 7.60. The Hall–Kier alpha value is -2.67. The highest BCUT2D eigenvalue weighted by atomic mass is 16.1. The minimum absolute atomic E-state index is 0.195. The van der Waals surface area contributed by atoms with Crippen LogP contribution in [0.4, 0.5) is 0 Å². The van der Waals surface area contributed by atoms with Gasteiger partial charge in [-0.25, -0.2) is 0 Å². The van der Waals surface area contributed by atoms with Crippen LogP contribution in [-0.2, 0) is 4.79 Å². The predicted molar refractivity (Wildman–Crippen MR) is 91.6 cm³/mol. The van der Waals surface area contributed by atoms with Crippen molar-refractivity contribution in [3.63, 3.8) is 0 Å². The van der Waals surface area contributed by atoms with Crippen molar-refractivity contribution in [2.75, 3.05) is 0 Å². The third kappa shape index (κ3) is 1.19. The van der Waals surface area contributed by atoms with E-state index in [-0.39, 0.29) is 5.78 Å². The number of allylic oxidation sites excluding steroid dienone is 4. The van der Waals surface area contributed by atoms with Crippen molar-refractivity contribution in [2.24, 2.45) is 0 Å². The van der Waals surface area contributed by atoms with Gasteiger partial charge in [0.25, 0.3) is 0 Å². The highest BCUT2D eigenvalue weighted by Gasteiger charge is 2.35. The Labute approximate surface area is 128 Å². The average Bonchev–Trinajstić information content (AvgIpc) is 2.99. The van der Waals surface area contributed by atoms with E-state index in [2.05, 4.69) is 48.5 Å². The molecule has 0 radical (unpaired) electrons. The quantitative estimate of drug-likeness (QED) is 0.522. The zero-order valence-electron chi connectivity index (χ0n) is 12.5. The van der Waals surface area contributed by atoms with E-state index in [0.717, 1.165) is 22.3 Å². The number of ketones is 1. The number of carbonyl (C=O) groups excluding carboxylic acids is 1. The Morgan fingerprint density at radius 2 is 1.41 bits per heavy atom. The molecular formula is C21H14O. The molecular weight excluding hydrogens is 268 g/mol. The maximum absolute atomic E-state index is 12.4. The number of rotatable bonds is 0. The van der Waals surface area contributed by atoms with Crippen LogP contribution in [0.15, 0.2) is 59.7 Å². The fraction of sp³-hybridized carbons (Fsp3) is 0.0952. The molecule has 0 atom stereocenters. The standard InChI is InChI=1S/C21H14O/c1-11-18-16-9-5-8-15-14-7-4-3-6-13(14)10-17(20(15)16)19(18)12(2)21(11)22/h3-10H,1-2H3. The summed E-state index contributed by atoms with van der Waals surface area (Å²) in [4.78, 5) is 12.4. The van der Waals surface area contributed by atoms with E-state index in [1.54, 1.807) is 0 Å². The van der Waals surface area contributed by atoms with Crippen LogP contribution >= 0.6 is 0 Å². The Balaban J connectivity index is 2.09. The Morgan fingerprint density at radius 1 is 0.727 bits per heavy atom. The number of hydrogen-bond acceptors (Lipinski definition) is 1. The molecule has 1 nitrogen and oxygen atoms in total. The minimum atomic E-state index is 0.195. The molecule has 2 aliphatic rings. The van der Waals surface area contributed by atoms with E-state index in [1.807, 2.05) is 13.8 Å². The van der Waals surface area contributed by atoms with E-state index >= 15 is 0 Å². The molecule has 1 heteroatoms. The second-order valence-electron chi connectivity index (χ2n) is 6.20. The van der Waals surface area contributed by atoms with Gasteiger partial charge >= 0.3 is 0 Å². The van der Waals surface area contributed by atoms with Gasteiger partial charge in [0.05, 0.1) is 0 Å². The Kier molecular flexibility index (Phi) is 2.03. The maximum Gasteiger partial charge on any atom is 0.185 e. The molecule has 3 aromatic rings. The van der Waals surface area contributed by atoms with Crippen LogP contribution in [0.3, 0.4) is 0 Å². The van der Waals surface area contributed by atoms with E-state index < -0.39 is 0 Å². The number of Topliss-reactive ketones (excluding diaryl/α,β-unsaturated/α-hetero) is 1. The van der Waals surface area contributed by atoms with Crippen molar-refractivity contribution in [1.29, 1.82) is 0 Å². The molecule has 0 saturated heterocycles. The van der Waals surface area contributed by atoms with Gasteiger partial charge in [-0.15, -0.1) is 0 Å². The SMILES string of the molecule is CC1=C2C(=C(C)C1=O)c1cc3ccccc3c3cccc2c13. The van der Waals surface area contributed by atoms with Gasteiger partial charge in [0, 0.05) is 11.1 Å². The lowest BCUT2D eigenvalue weighted by Gasteiger charge is -2.08. The summed E-state index contributed by atoms with van der Waals surface area (Å²) in [6.45, 7) is 3.92. The van der Waals surface area contributed by atoms with Gasteiger partial charge in [-0.2, -0.15) is 0 Å². The highest BCUT2D eigenvalue weighted by Crippen LogP contribution is 2.53. The largest absolute Gasteiger partial charge is 0.289 e. The van der Waals surface area contributed by atoms with Crippen LogP contribution in [0.25, 0.3) is 32.7 Å². The first-order chi connectivity index (χ1) is 10.7. The first-order valence-corrected chi connectivity index (χ1v) is 7.60. The normalized spacial score (nSPS) is 16.4. The molecule has 0 unspecified atom stereocenters. The average molecular weight is 282 g/mol. The van der Waals surface area contributed by atoms with Gasteiger partial charge < -0.3 is 0 Å². The van der Waals surface area contributed by atoms with Gasteiger partial charge in [0.2, 0.25) is 0 Å². The molecule has 3 aromatic carbocycles. The molecule has 0 amide bonds. The second kappa shape index (κ2) is 3.75. The van der Waals surface area contributed by atoms with Crippen molar-refractivity contribution in [2.45, 2.75) is 13.8 Å². The molecule has 5 rings (SSSR count). The lowest BCUT2D eigenvalue weighted by Crippen LogP contribution is -1.97.